The highest BCUT2D eigenvalue weighted by atomic mass is 32.2. The van der Waals surface area contributed by atoms with Crippen LogP contribution in [0.3, 0.4) is 0 Å². The van der Waals surface area contributed by atoms with Crippen LogP contribution in [-0.2, 0) is 4.79 Å². The summed E-state index contributed by atoms with van der Waals surface area (Å²) in [7, 11) is 1.61. The maximum absolute atomic E-state index is 12.5. The van der Waals surface area contributed by atoms with Gasteiger partial charge in [-0.1, -0.05) is 43.2 Å². The number of hydrogen-bond acceptors (Lipinski definition) is 6. The second kappa shape index (κ2) is 8.33. The van der Waals surface area contributed by atoms with Crippen LogP contribution >= 0.6 is 11.8 Å². The van der Waals surface area contributed by atoms with Crippen molar-refractivity contribution in [2.45, 2.75) is 55.5 Å². The lowest BCUT2D eigenvalue weighted by molar-refractivity contribution is -0.121. The van der Waals surface area contributed by atoms with Gasteiger partial charge in [0.25, 0.3) is 0 Å². The van der Waals surface area contributed by atoms with Gasteiger partial charge in [0.05, 0.1) is 12.4 Å². The van der Waals surface area contributed by atoms with Gasteiger partial charge in [-0.15, -0.1) is 5.10 Å². The summed E-state index contributed by atoms with van der Waals surface area (Å²) in [5.74, 6) is 0.711. The number of nitrogens with one attached hydrogen (secondary N) is 1. The zero-order valence-corrected chi connectivity index (χ0v) is 15.3. The number of methoxy groups -OCH3 is 1. The van der Waals surface area contributed by atoms with Crippen LogP contribution in [0.15, 0.2) is 29.4 Å². The van der Waals surface area contributed by atoms with Gasteiger partial charge in [0, 0.05) is 6.04 Å². The SMILES string of the molecule is COc1ccccc1-n1nnnc1SC(C)C(=O)NC1CCCCC1. The first-order chi connectivity index (χ1) is 12.2. The smallest absolute Gasteiger partial charge is 0.233 e. The van der Waals surface area contributed by atoms with Gasteiger partial charge in [-0.2, -0.15) is 4.68 Å². The largest absolute Gasteiger partial charge is 0.494 e. The van der Waals surface area contributed by atoms with Crippen LogP contribution < -0.4 is 10.1 Å². The van der Waals surface area contributed by atoms with Crippen LogP contribution in [0.1, 0.15) is 39.0 Å². The molecule has 8 heteroatoms. The molecule has 2 aromatic rings. The van der Waals surface area contributed by atoms with E-state index in [9.17, 15) is 4.79 Å². The van der Waals surface area contributed by atoms with Crippen LogP contribution in [0.2, 0.25) is 0 Å². The van der Waals surface area contributed by atoms with E-state index in [-0.39, 0.29) is 11.2 Å². The number of thioether (sulfide) groups is 1. The fourth-order valence-corrected chi connectivity index (χ4v) is 3.80. The minimum absolute atomic E-state index is 0.0338. The van der Waals surface area contributed by atoms with Gasteiger partial charge < -0.3 is 10.1 Å². The zero-order chi connectivity index (χ0) is 17.6. The molecule has 7 nitrogen and oxygen atoms in total. The Balaban J connectivity index is 1.69. The van der Waals surface area contributed by atoms with E-state index < -0.39 is 0 Å². The summed E-state index contributed by atoms with van der Waals surface area (Å²) >= 11 is 1.35. The van der Waals surface area contributed by atoms with E-state index in [1.54, 1.807) is 11.8 Å². The molecule has 1 aliphatic rings. The molecule has 1 aromatic heterocycles. The van der Waals surface area contributed by atoms with Crippen molar-refractivity contribution in [3.8, 4) is 11.4 Å². The van der Waals surface area contributed by atoms with E-state index >= 15 is 0 Å². The molecule has 1 heterocycles. The molecule has 0 spiro atoms. The van der Waals surface area contributed by atoms with Crippen molar-refractivity contribution in [1.82, 2.24) is 25.5 Å². The van der Waals surface area contributed by atoms with Crippen LogP contribution in [0, 0.1) is 0 Å². The van der Waals surface area contributed by atoms with E-state index in [4.69, 9.17) is 4.74 Å². The first-order valence-electron chi connectivity index (χ1n) is 8.58. The number of rotatable bonds is 6. The Labute approximate surface area is 151 Å². The van der Waals surface area contributed by atoms with Crippen molar-refractivity contribution in [3.05, 3.63) is 24.3 Å². The molecular weight excluding hydrogens is 338 g/mol. The molecule has 1 aromatic carbocycles. The van der Waals surface area contributed by atoms with E-state index in [0.717, 1.165) is 18.5 Å². The first kappa shape index (κ1) is 17.7. The molecular formula is C17H23N5O2S. The van der Waals surface area contributed by atoms with Crippen LogP contribution in [0.25, 0.3) is 5.69 Å². The van der Waals surface area contributed by atoms with Gasteiger partial charge in [0.1, 0.15) is 11.4 Å². The lowest BCUT2D eigenvalue weighted by Crippen LogP contribution is -2.40. The third-order valence-corrected chi connectivity index (χ3v) is 5.39. The van der Waals surface area contributed by atoms with E-state index in [1.807, 2.05) is 31.2 Å². The number of aromatic nitrogens is 4. The molecule has 3 rings (SSSR count). The third-order valence-electron chi connectivity index (χ3n) is 4.36. The number of tetrazole rings is 1. The Morgan fingerprint density at radius 3 is 2.84 bits per heavy atom. The fourth-order valence-electron chi connectivity index (χ4n) is 2.99. The van der Waals surface area contributed by atoms with Crippen molar-refractivity contribution in [2.24, 2.45) is 0 Å². The molecule has 134 valence electrons. The van der Waals surface area contributed by atoms with Gasteiger partial charge in [-0.25, -0.2) is 0 Å². The van der Waals surface area contributed by atoms with Gasteiger partial charge in [0.2, 0.25) is 11.1 Å². The summed E-state index contributed by atoms with van der Waals surface area (Å²) in [5.41, 5.74) is 0.748. The number of carbonyl (C=O) groups is 1. The third kappa shape index (κ3) is 4.31. The molecule has 0 aliphatic heterocycles. The Morgan fingerprint density at radius 2 is 2.08 bits per heavy atom. The van der Waals surface area contributed by atoms with Gasteiger partial charge in [-0.3, -0.25) is 4.79 Å². The number of amides is 1. The molecule has 1 saturated carbocycles. The van der Waals surface area contributed by atoms with Crippen LogP contribution in [0.4, 0.5) is 0 Å². The summed E-state index contributed by atoms with van der Waals surface area (Å²) in [6.45, 7) is 1.88. The molecule has 1 aliphatic carbocycles. The van der Waals surface area contributed by atoms with Crippen molar-refractivity contribution in [3.63, 3.8) is 0 Å². The maximum Gasteiger partial charge on any atom is 0.233 e. The summed E-state index contributed by atoms with van der Waals surface area (Å²) in [4.78, 5) is 12.5. The van der Waals surface area contributed by atoms with Gasteiger partial charge in [-0.05, 0) is 42.3 Å². The fraction of sp³-hybridized carbons (Fsp3) is 0.529. The number of nitrogens with zero attached hydrogens (tertiary/aromatic N) is 4. The molecule has 1 atom stereocenters. The Kier molecular flexibility index (Phi) is 5.91. The number of ether oxygens (including phenoxy) is 1. The Morgan fingerprint density at radius 1 is 1.32 bits per heavy atom. The molecule has 1 N–H and O–H groups in total. The van der Waals surface area contributed by atoms with E-state index in [1.165, 1.54) is 31.0 Å². The molecule has 0 bridgehead atoms. The molecule has 1 amide bonds. The van der Waals surface area contributed by atoms with Crippen molar-refractivity contribution < 1.29 is 9.53 Å². The second-order valence-electron chi connectivity index (χ2n) is 6.15. The van der Waals surface area contributed by atoms with Crippen LogP contribution in [0.5, 0.6) is 5.75 Å². The average Bonchev–Trinajstić information content (AvgIpc) is 3.10. The molecule has 1 unspecified atom stereocenters. The van der Waals surface area contributed by atoms with E-state index in [0.29, 0.717) is 16.9 Å². The number of para-hydroxylation sites is 2. The average molecular weight is 361 g/mol. The monoisotopic (exact) mass is 361 g/mol. The van der Waals surface area contributed by atoms with E-state index in [2.05, 4.69) is 20.8 Å². The van der Waals surface area contributed by atoms with Gasteiger partial charge >= 0.3 is 0 Å². The minimum atomic E-state index is -0.276. The minimum Gasteiger partial charge on any atom is -0.494 e. The highest BCUT2D eigenvalue weighted by Gasteiger charge is 2.23. The Hall–Kier alpha value is -2.09. The lowest BCUT2D eigenvalue weighted by atomic mass is 9.95. The normalized spacial score (nSPS) is 16.4. The van der Waals surface area contributed by atoms with Gasteiger partial charge in [0.15, 0.2) is 0 Å². The topological polar surface area (TPSA) is 81.9 Å². The first-order valence-corrected chi connectivity index (χ1v) is 9.46. The summed E-state index contributed by atoms with van der Waals surface area (Å²) in [5, 5.41) is 15.3. The number of hydrogen-bond donors (Lipinski definition) is 1. The standard InChI is InChI=1S/C17H23N5O2S/c1-12(16(23)18-13-8-4-3-5-9-13)25-17-19-20-21-22(17)14-10-6-7-11-15(14)24-2/h6-7,10-13H,3-5,8-9H2,1-2H3,(H,18,23). The predicted molar refractivity (Wildman–Crippen MR) is 96.0 cm³/mol. The molecule has 1 fully saturated rings. The maximum atomic E-state index is 12.5. The van der Waals surface area contributed by atoms with Crippen molar-refractivity contribution >= 4 is 17.7 Å². The highest BCUT2D eigenvalue weighted by Crippen LogP contribution is 2.28. The number of carbonyl (C=O) groups excluding carboxylic acids is 1. The number of benzene rings is 1. The predicted octanol–water partition coefficient (Wildman–Crippen LogP) is 2.60. The van der Waals surface area contributed by atoms with Crippen molar-refractivity contribution in [1.29, 1.82) is 0 Å². The molecule has 0 saturated heterocycles. The summed E-state index contributed by atoms with van der Waals surface area (Å²) in [6, 6.07) is 7.82. The Bertz CT molecular complexity index is 715. The lowest BCUT2D eigenvalue weighted by Gasteiger charge is -2.24. The quantitative estimate of drug-likeness (QED) is 0.797. The zero-order valence-electron chi connectivity index (χ0n) is 14.5. The molecule has 0 radical (unpaired) electrons. The second-order valence-corrected chi connectivity index (χ2v) is 7.46. The molecule has 25 heavy (non-hydrogen) atoms. The summed E-state index contributed by atoms with van der Waals surface area (Å²) in [6.07, 6.45) is 5.80. The van der Waals surface area contributed by atoms with Crippen molar-refractivity contribution in [2.75, 3.05) is 7.11 Å². The highest BCUT2D eigenvalue weighted by molar-refractivity contribution is 8.00. The van der Waals surface area contributed by atoms with Crippen LogP contribution in [-0.4, -0.2) is 44.5 Å². The summed E-state index contributed by atoms with van der Waals surface area (Å²) < 4.78 is 6.98.